The van der Waals surface area contributed by atoms with Crippen molar-refractivity contribution in [1.29, 1.82) is 0 Å². The number of non-ortho nitro benzene ring substituents is 1. The van der Waals surface area contributed by atoms with Gasteiger partial charge in [0, 0.05) is 37.4 Å². The standard InChI is InChI=1S/C21H25N5O4/c1-16-23-19(25-12-3-2-4-13-25)15-21(24-16)30-14-11-22-20(27)10-7-17-5-8-18(9-6-17)26(28)29/h5-10,15H,2-4,11-14H2,1H3,(H,22,27)/b10-7+. The number of carbonyl (C=O) groups is 1. The van der Waals surface area contributed by atoms with E-state index in [0.29, 0.717) is 23.8 Å². The van der Waals surface area contributed by atoms with Crippen molar-refractivity contribution in [2.45, 2.75) is 26.2 Å². The lowest BCUT2D eigenvalue weighted by molar-refractivity contribution is -0.384. The summed E-state index contributed by atoms with van der Waals surface area (Å²) in [5.41, 5.74) is 0.714. The van der Waals surface area contributed by atoms with Gasteiger partial charge in [-0.15, -0.1) is 0 Å². The number of nitrogens with zero attached hydrogens (tertiary/aromatic N) is 4. The number of aryl methyl sites for hydroxylation is 1. The highest BCUT2D eigenvalue weighted by molar-refractivity contribution is 5.91. The molecule has 2 aromatic rings. The second-order valence-corrected chi connectivity index (χ2v) is 6.98. The highest BCUT2D eigenvalue weighted by Crippen LogP contribution is 2.21. The summed E-state index contributed by atoms with van der Waals surface area (Å²) in [6.07, 6.45) is 6.56. The zero-order chi connectivity index (χ0) is 21.3. The van der Waals surface area contributed by atoms with Gasteiger partial charge in [0.1, 0.15) is 18.2 Å². The van der Waals surface area contributed by atoms with Crippen molar-refractivity contribution >= 4 is 23.5 Å². The number of aromatic nitrogens is 2. The normalized spacial score (nSPS) is 14.0. The lowest BCUT2D eigenvalue weighted by Gasteiger charge is -2.28. The summed E-state index contributed by atoms with van der Waals surface area (Å²) in [6, 6.07) is 7.81. The first-order valence-electron chi connectivity index (χ1n) is 9.95. The van der Waals surface area contributed by atoms with Gasteiger partial charge in [-0.1, -0.05) is 0 Å². The monoisotopic (exact) mass is 411 g/mol. The minimum absolute atomic E-state index is 0.0113. The van der Waals surface area contributed by atoms with E-state index in [9.17, 15) is 14.9 Å². The van der Waals surface area contributed by atoms with Crippen LogP contribution in [0.1, 0.15) is 30.7 Å². The van der Waals surface area contributed by atoms with Gasteiger partial charge < -0.3 is 15.0 Å². The van der Waals surface area contributed by atoms with Gasteiger partial charge in [0.25, 0.3) is 5.69 Å². The highest BCUT2D eigenvalue weighted by Gasteiger charge is 2.14. The number of nitro groups is 1. The Morgan fingerprint density at radius 3 is 2.67 bits per heavy atom. The number of amides is 1. The Morgan fingerprint density at radius 2 is 1.97 bits per heavy atom. The van der Waals surface area contributed by atoms with Crippen molar-refractivity contribution in [3.05, 3.63) is 57.9 Å². The number of carbonyl (C=O) groups excluding carboxylic acids is 1. The second-order valence-electron chi connectivity index (χ2n) is 6.98. The lowest BCUT2D eigenvalue weighted by Crippen LogP contribution is -2.30. The maximum atomic E-state index is 11.9. The average molecular weight is 411 g/mol. The Morgan fingerprint density at radius 1 is 1.23 bits per heavy atom. The predicted molar refractivity (Wildman–Crippen MR) is 113 cm³/mol. The molecule has 0 unspecified atom stereocenters. The van der Waals surface area contributed by atoms with Crippen LogP contribution in [0.5, 0.6) is 5.88 Å². The van der Waals surface area contributed by atoms with E-state index in [0.717, 1.165) is 18.9 Å². The molecule has 1 saturated heterocycles. The number of benzene rings is 1. The van der Waals surface area contributed by atoms with Crippen molar-refractivity contribution in [2.75, 3.05) is 31.1 Å². The highest BCUT2D eigenvalue weighted by atomic mass is 16.6. The number of anilines is 1. The molecule has 1 N–H and O–H groups in total. The summed E-state index contributed by atoms with van der Waals surface area (Å²) in [4.78, 5) is 33.2. The first-order valence-corrected chi connectivity index (χ1v) is 9.95. The van der Waals surface area contributed by atoms with Gasteiger partial charge in [-0.3, -0.25) is 14.9 Å². The summed E-state index contributed by atoms with van der Waals surface area (Å²) >= 11 is 0. The Balaban J connectivity index is 1.44. The van der Waals surface area contributed by atoms with Gasteiger partial charge in [-0.05, 0) is 50.0 Å². The molecular weight excluding hydrogens is 386 g/mol. The molecule has 1 aliphatic rings. The summed E-state index contributed by atoms with van der Waals surface area (Å²) in [6.45, 7) is 4.43. The number of piperidine rings is 1. The van der Waals surface area contributed by atoms with Crippen molar-refractivity contribution < 1.29 is 14.5 Å². The number of hydrogen-bond acceptors (Lipinski definition) is 7. The van der Waals surface area contributed by atoms with E-state index in [2.05, 4.69) is 20.2 Å². The SMILES string of the molecule is Cc1nc(OCCNC(=O)/C=C/c2ccc([N+](=O)[O-])cc2)cc(N2CCCCC2)n1. The molecule has 1 aromatic heterocycles. The lowest BCUT2D eigenvalue weighted by atomic mass is 10.1. The minimum Gasteiger partial charge on any atom is -0.476 e. The van der Waals surface area contributed by atoms with Crippen LogP contribution in [0, 0.1) is 17.0 Å². The fourth-order valence-electron chi connectivity index (χ4n) is 3.15. The van der Waals surface area contributed by atoms with Crippen LogP contribution in [-0.4, -0.2) is 47.0 Å². The Bertz CT molecular complexity index is 908. The quantitative estimate of drug-likeness (QED) is 0.308. The molecule has 1 aliphatic heterocycles. The molecule has 0 saturated carbocycles. The molecule has 9 nitrogen and oxygen atoms in total. The largest absolute Gasteiger partial charge is 0.476 e. The molecule has 1 amide bonds. The van der Waals surface area contributed by atoms with Gasteiger partial charge in [-0.2, -0.15) is 4.98 Å². The summed E-state index contributed by atoms with van der Waals surface area (Å²) in [7, 11) is 0. The van der Waals surface area contributed by atoms with Gasteiger partial charge in [0.2, 0.25) is 11.8 Å². The predicted octanol–water partition coefficient (Wildman–Crippen LogP) is 2.89. The summed E-state index contributed by atoms with van der Waals surface area (Å²) in [5, 5.41) is 13.4. The summed E-state index contributed by atoms with van der Waals surface area (Å²) < 4.78 is 5.69. The first kappa shape index (κ1) is 21.2. The molecule has 0 spiro atoms. The first-order chi connectivity index (χ1) is 14.5. The Kier molecular flexibility index (Phi) is 7.31. The molecule has 3 rings (SSSR count). The van der Waals surface area contributed by atoms with Gasteiger partial charge in [0.15, 0.2) is 0 Å². The zero-order valence-corrected chi connectivity index (χ0v) is 16.9. The fourth-order valence-corrected chi connectivity index (χ4v) is 3.15. The molecule has 2 heterocycles. The van der Waals surface area contributed by atoms with Crippen LogP contribution in [0.25, 0.3) is 6.08 Å². The van der Waals surface area contributed by atoms with E-state index in [1.54, 1.807) is 18.2 Å². The average Bonchev–Trinajstić information content (AvgIpc) is 2.76. The molecule has 0 atom stereocenters. The smallest absolute Gasteiger partial charge is 0.269 e. The molecule has 30 heavy (non-hydrogen) atoms. The molecule has 9 heteroatoms. The number of rotatable bonds is 8. The molecule has 1 aromatic carbocycles. The van der Waals surface area contributed by atoms with Gasteiger partial charge in [0.05, 0.1) is 11.5 Å². The van der Waals surface area contributed by atoms with Crippen LogP contribution in [0.2, 0.25) is 0 Å². The molecular formula is C21H25N5O4. The van der Waals surface area contributed by atoms with Crippen molar-refractivity contribution in [2.24, 2.45) is 0 Å². The minimum atomic E-state index is -0.463. The molecule has 0 aliphatic carbocycles. The topological polar surface area (TPSA) is 110 Å². The van der Waals surface area contributed by atoms with E-state index >= 15 is 0 Å². The third-order valence-electron chi connectivity index (χ3n) is 4.66. The maximum absolute atomic E-state index is 11.9. The summed E-state index contributed by atoms with van der Waals surface area (Å²) in [5.74, 6) is 1.76. The van der Waals surface area contributed by atoms with E-state index in [1.165, 1.54) is 37.5 Å². The van der Waals surface area contributed by atoms with Gasteiger partial charge >= 0.3 is 0 Å². The van der Waals surface area contributed by atoms with E-state index < -0.39 is 4.92 Å². The van der Waals surface area contributed by atoms with Crippen molar-refractivity contribution in [3.63, 3.8) is 0 Å². The van der Waals surface area contributed by atoms with Crippen LogP contribution in [0.4, 0.5) is 11.5 Å². The zero-order valence-electron chi connectivity index (χ0n) is 16.9. The van der Waals surface area contributed by atoms with E-state index in [4.69, 9.17) is 4.74 Å². The van der Waals surface area contributed by atoms with Crippen LogP contribution in [-0.2, 0) is 4.79 Å². The number of nitro benzene ring substituents is 1. The number of ether oxygens (including phenoxy) is 1. The molecule has 1 fully saturated rings. The van der Waals surface area contributed by atoms with Crippen LogP contribution in [0.15, 0.2) is 36.4 Å². The molecule has 0 radical (unpaired) electrons. The van der Waals surface area contributed by atoms with E-state index in [-0.39, 0.29) is 18.2 Å². The van der Waals surface area contributed by atoms with Crippen LogP contribution in [0.3, 0.4) is 0 Å². The maximum Gasteiger partial charge on any atom is 0.269 e. The van der Waals surface area contributed by atoms with Gasteiger partial charge in [-0.25, -0.2) is 4.98 Å². The fraction of sp³-hybridized carbons (Fsp3) is 0.381. The third-order valence-corrected chi connectivity index (χ3v) is 4.66. The number of hydrogen-bond donors (Lipinski definition) is 1. The van der Waals surface area contributed by atoms with Crippen molar-refractivity contribution in [1.82, 2.24) is 15.3 Å². The van der Waals surface area contributed by atoms with E-state index in [1.807, 2.05) is 13.0 Å². The third kappa shape index (κ3) is 6.26. The molecule has 158 valence electrons. The molecule has 0 bridgehead atoms. The Labute approximate surface area is 174 Å². The van der Waals surface area contributed by atoms with Crippen LogP contribution >= 0.6 is 0 Å². The van der Waals surface area contributed by atoms with Crippen LogP contribution < -0.4 is 15.0 Å². The second kappa shape index (κ2) is 10.3. The Hall–Kier alpha value is -3.49. The number of nitrogens with one attached hydrogen (secondary N) is 1. The van der Waals surface area contributed by atoms with Crippen molar-refractivity contribution in [3.8, 4) is 5.88 Å².